The molecule has 2 aromatic rings. The maximum atomic E-state index is 11.9. The Balaban J connectivity index is 2.36. The van der Waals surface area contributed by atoms with E-state index in [9.17, 15) is 20.0 Å². The molecule has 1 heterocycles. The van der Waals surface area contributed by atoms with Crippen molar-refractivity contribution < 1.29 is 14.8 Å². The van der Waals surface area contributed by atoms with Gasteiger partial charge in [0.25, 0.3) is 11.6 Å². The number of benzene rings is 1. The van der Waals surface area contributed by atoms with E-state index in [0.717, 1.165) is 11.3 Å². The van der Waals surface area contributed by atoms with Crippen molar-refractivity contribution in [1.29, 1.82) is 0 Å². The van der Waals surface area contributed by atoms with Crippen molar-refractivity contribution in [1.82, 2.24) is 4.98 Å². The molecule has 98 valence electrons. The average Bonchev–Trinajstić information content (AvgIpc) is 2.77. The van der Waals surface area contributed by atoms with E-state index >= 15 is 0 Å². The van der Waals surface area contributed by atoms with Gasteiger partial charge in [-0.15, -0.1) is 11.3 Å². The lowest BCUT2D eigenvalue weighted by molar-refractivity contribution is -0.384. The highest BCUT2D eigenvalue weighted by molar-refractivity contribution is 7.12. The van der Waals surface area contributed by atoms with Crippen LogP contribution in [0.15, 0.2) is 23.7 Å². The first-order valence-electron chi connectivity index (χ1n) is 5.18. The van der Waals surface area contributed by atoms with Crippen molar-refractivity contribution in [2.24, 2.45) is 0 Å². The van der Waals surface area contributed by atoms with Crippen LogP contribution < -0.4 is 5.32 Å². The number of anilines is 1. The molecule has 0 fully saturated rings. The molecule has 0 atom stereocenters. The van der Waals surface area contributed by atoms with E-state index in [1.54, 1.807) is 6.92 Å². The number of thiazole rings is 1. The quantitative estimate of drug-likeness (QED) is 0.509. The molecule has 1 aromatic carbocycles. The number of carbonyl (C=O) groups is 1. The zero-order valence-corrected chi connectivity index (χ0v) is 10.6. The molecule has 0 unspecified atom stereocenters. The van der Waals surface area contributed by atoms with Crippen LogP contribution in [-0.2, 0) is 0 Å². The highest BCUT2D eigenvalue weighted by Gasteiger charge is 2.21. The molecule has 0 aliphatic heterocycles. The van der Waals surface area contributed by atoms with Gasteiger partial charge in [0.05, 0.1) is 16.1 Å². The Morgan fingerprint density at radius 1 is 1.53 bits per heavy atom. The summed E-state index contributed by atoms with van der Waals surface area (Å²) >= 11 is 1.12. The molecule has 0 saturated heterocycles. The van der Waals surface area contributed by atoms with Crippen molar-refractivity contribution in [2.75, 3.05) is 5.32 Å². The third-order valence-electron chi connectivity index (χ3n) is 2.41. The first kappa shape index (κ1) is 13.0. The summed E-state index contributed by atoms with van der Waals surface area (Å²) in [4.78, 5) is 26.4. The van der Waals surface area contributed by atoms with Crippen molar-refractivity contribution in [3.05, 3.63) is 44.4 Å². The standard InChI is InChI=1S/C11H9N3O4S/c1-6-10(19-5-12-6)11(16)13-9-7(14(17)18)3-2-4-8(9)15/h2-5,15H,1H3,(H,13,16). The maximum absolute atomic E-state index is 11.9. The highest BCUT2D eigenvalue weighted by atomic mass is 32.1. The predicted molar refractivity (Wildman–Crippen MR) is 69.6 cm³/mol. The van der Waals surface area contributed by atoms with Crippen LogP contribution in [0.5, 0.6) is 5.75 Å². The third kappa shape index (κ3) is 2.52. The Morgan fingerprint density at radius 2 is 2.26 bits per heavy atom. The Hall–Kier alpha value is -2.48. The van der Waals surface area contributed by atoms with Crippen LogP contribution >= 0.6 is 11.3 Å². The molecule has 0 bridgehead atoms. The van der Waals surface area contributed by atoms with Gasteiger partial charge in [0.15, 0.2) is 5.69 Å². The van der Waals surface area contributed by atoms with Crippen LogP contribution in [0.2, 0.25) is 0 Å². The van der Waals surface area contributed by atoms with Crippen molar-refractivity contribution in [2.45, 2.75) is 6.92 Å². The van der Waals surface area contributed by atoms with E-state index in [-0.39, 0.29) is 17.1 Å². The topological polar surface area (TPSA) is 105 Å². The first-order valence-corrected chi connectivity index (χ1v) is 6.06. The molecule has 0 radical (unpaired) electrons. The minimum absolute atomic E-state index is 0.217. The molecule has 7 nitrogen and oxygen atoms in total. The Kier molecular flexibility index (Phi) is 3.43. The number of nitrogens with zero attached hydrogens (tertiary/aromatic N) is 2. The van der Waals surface area contributed by atoms with Crippen molar-refractivity contribution >= 4 is 28.6 Å². The molecule has 0 aliphatic carbocycles. The number of aromatic nitrogens is 1. The molecule has 2 rings (SSSR count). The van der Waals surface area contributed by atoms with Crippen LogP contribution in [0.1, 0.15) is 15.4 Å². The monoisotopic (exact) mass is 279 g/mol. The normalized spacial score (nSPS) is 10.2. The van der Waals surface area contributed by atoms with Crippen molar-refractivity contribution in [3.8, 4) is 5.75 Å². The number of nitrogens with one attached hydrogen (secondary N) is 1. The maximum Gasteiger partial charge on any atom is 0.296 e. The van der Waals surface area contributed by atoms with Gasteiger partial charge in [-0.1, -0.05) is 6.07 Å². The minimum Gasteiger partial charge on any atom is -0.505 e. The van der Waals surface area contributed by atoms with Gasteiger partial charge in [-0.25, -0.2) is 4.98 Å². The number of hydrogen-bond acceptors (Lipinski definition) is 6. The number of carbonyl (C=O) groups excluding carboxylic acids is 1. The van der Waals surface area contributed by atoms with E-state index in [4.69, 9.17) is 0 Å². The summed E-state index contributed by atoms with van der Waals surface area (Å²) in [7, 11) is 0. The van der Waals surface area contributed by atoms with Crippen LogP contribution in [0, 0.1) is 17.0 Å². The molecule has 0 saturated carbocycles. The molecule has 0 aliphatic rings. The Bertz CT molecular complexity index is 653. The summed E-state index contributed by atoms with van der Waals surface area (Å²) in [6.07, 6.45) is 0. The highest BCUT2D eigenvalue weighted by Crippen LogP contribution is 2.33. The van der Waals surface area contributed by atoms with E-state index < -0.39 is 10.8 Å². The minimum atomic E-state index is -0.672. The number of phenolic OH excluding ortho intramolecular Hbond substituents is 1. The van der Waals surface area contributed by atoms with Gasteiger partial charge in [0, 0.05) is 6.07 Å². The number of hydrogen-bond donors (Lipinski definition) is 2. The number of aryl methyl sites for hydroxylation is 1. The van der Waals surface area contributed by atoms with E-state index in [1.807, 2.05) is 0 Å². The fourth-order valence-corrected chi connectivity index (χ4v) is 2.20. The Labute approximate surface area is 111 Å². The lowest BCUT2D eigenvalue weighted by Crippen LogP contribution is -2.13. The summed E-state index contributed by atoms with van der Waals surface area (Å²) in [5, 5.41) is 22.8. The van der Waals surface area contributed by atoms with Gasteiger partial charge >= 0.3 is 0 Å². The number of aromatic hydroxyl groups is 1. The van der Waals surface area contributed by atoms with E-state index in [0.29, 0.717) is 10.6 Å². The average molecular weight is 279 g/mol. The molecule has 19 heavy (non-hydrogen) atoms. The number of phenols is 1. The molecule has 1 amide bonds. The smallest absolute Gasteiger partial charge is 0.296 e. The summed E-state index contributed by atoms with van der Waals surface area (Å²) in [5.74, 6) is -0.894. The molecule has 0 spiro atoms. The fraction of sp³-hybridized carbons (Fsp3) is 0.0909. The van der Waals surface area contributed by atoms with Crippen LogP contribution in [0.25, 0.3) is 0 Å². The van der Waals surface area contributed by atoms with Gasteiger partial charge in [-0.05, 0) is 13.0 Å². The second kappa shape index (κ2) is 5.02. The predicted octanol–water partition coefficient (Wildman–Crippen LogP) is 2.32. The summed E-state index contributed by atoms with van der Waals surface area (Å²) in [6, 6.07) is 3.80. The largest absolute Gasteiger partial charge is 0.505 e. The van der Waals surface area contributed by atoms with Crippen molar-refractivity contribution in [3.63, 3.8) is 0 Å². The molecular formula is C11H9N3O4S. The SMILES string of the molecule is Cc1ncsc1C(=O)Nc1c(O)cccc1[N+](=O)[O-]. The van der Waals surface area contributed by atoms with Gasteiger partial charge in [0.1, 0.15) is 10.6 Å². The second-order valence-electron chi connectivity index (χ2n) is 3.65. The number of nitro benzene ring substituents is 1. The van der Waals surface area contributed by atoms with Gasteiger partial charge < -0.3 is 10.4 Å². The summed E-state index contributed by atoms with van der Waals surface area (Å²) in [5.41, 5.74) is 1.45. The molecular weight excluding hydrogens is 270 g/mol. The lowest BCUT2D eigenvalue weighted by atomic mass is 10.2. The second-order valence-corrected chi connectivity index (χ2v) is 4.50. The summed E-state index contributed by atoms with van der Waals surface area (Å²) in [6.45, 7) is 1.66. The van der Waals surface area contributed by atoms with Gasteiger partial charge in [-0.3, -0.25) is 14.9 Å². The van der Waals surface area contributed by atoms with Gasteiger partial charge in [0.2, 0.25) is 0 Å². The van der Waals surface area contributed by atoms with Crippen LogP contribution in [-0.4, -0.2) is 20.9 Å². The van der Waals surface area contributed by atoms with E-state index in [2.05, 4.69) is 10.3 Å². The van der Waals surface area contributed by atoms with Crippen LogP contribution in [0.3, 0.4) is 0 Å². The third-order valence-corrected chi connectivity index (χ3v) is 3.33. The zero-order chi connectivity index (χ0) is 14.0. The molecule has 8 heteroatoms. The van der Waals surface area contributed by atoms with Crippen LogP contribution in [0.4, 0.5) is 11.4 Å². The first-order chi connectivity index (χ1) is 9.00. The van der Waals surface area contributed by atoms with Gasteiger partial charge in [-0.2, -0.15) is 0 Å². The Morgan fingerprint density at radius 3 is 2.84 bits per heavy atom. The molecule has 1 aromatic heterocycles. The molecule has 2 N–H and O–H groups in total. The number of amides is 1. The number of para-hydroxylation sites is 1. The number of rotatable bonds is 3. The van der Waals surface area contributed by atoms with E-state index in [1.165, 1.54) is 23.7 Å². The summed E-state index contributed by atoms with van der Waals surface area (Å²) < 4.78 is 0. The fourth-order valence-electron chi connectivity index (χ4n) is 1.50. The zero-order valence-electron chi connectivity index (χ0n) is 9.78. The lowest BCUT2D eigenvalue weighted by Gasteiger charge is -2.06. The number of nitro groups is 1.